The molecule has 30 heavy (non-hydrogen) atoms. The van der Waals surface area contributed by atoms with Crippen molar-refractivity contribution in [3.8, 4) is 5.75 Å². The lowest BCUT2D eigenvalue weighted by Crippen LogP contribution is -3.11. The molecule has 1 saturated heterocycles. The molecule has 0 bridgehead atoms. The number of nitrogens with one attached hydrogen (secondary N) is 2. The molecular formula is C25H31N2O3+. The van der Waals surface area contributed by atoms with Gasteiger partial charge in [0, 0.05) is 29.4 Å². The number of hydrogen-bond acceptors (Lipinski definition) is 3. The molecule has 0 saturated carbocycles. The van der Waals surface area contributed by atoms with Gasteiger partial charge in [0.2, 0.25) is 5.91 Å². The maximum Gasteiger partial charge on any atom is 0.224 e. The van der Waals surface area contributed by atoms with Crippen molar-refractivity contribution in [1.82, 2.24) is 5.32 Å². The number of hydrogen-bond donors (Lipinski definition) is 2. The first-order chi connectivity index (χ1) is 14.7. The number of rotatable bonds is 8. The molecule has 1 atom stereocenters. The lowest BCUT2D eigenvalue weighted by atomic mass is 10.0. The number of furan rings is 1. The molecule has 1 aromatic heterocycles. The van der Waals surface area contributed by atoms with Gasteiger partial charge in [-0.15, -0.1) is 0 Å². The zero-order chi connectivity index (χ0) is 20.9. The molecule has 0 unspecified atom stereocenters. The summed E-state index contributed by atoms with van der Waals surface area (Å²) in [6.45, 7) is 5.06. The normalized spacial score (nSPS) is 15.4. The first-order valence-electron chi connectivity index (χ1n) is 10.9. The molecule has 2 N–H and O–H groups in total. The molecule has 0 aliphatic carbocycles. The molecule has 0 spiro atoms. The SMILES string of the molecule is CCc1ccc2c(CC(=O)NC[C@H](c3ccc(OC)cc3)[NH+]3CCCC3)coc2c1. The first kappa shape index (κ1) is 20.5. The minimum atomic E-state index is 0.0365. The smallest absolute Gasteiger partial charge is 0.224 e. The number of likely N-dealkylation sites (tertiary alicyclic amines) is 1. The van der Waals surface area contributed by atoms with E-state index in [1.54, 1.807) is 18.3 Å². The number of amides is 1. The van der Waals surface area contributed by atoms with Crippen molar-refractivity contribution in [3.05, 3.63) is 65.4 Å². The van der Waals surface area contributed by atoms with Gasteiger partial charge in [0.15, 0.2) is 0 Å². The fourth-order valence-electron chi connectivity index (χ4n) is 4.45. The van der Waals surface area contributed by atoms with Crippen LogP contribution in [0.3, 0.4) is 0 Å². The monoisotopic (exact) mass is 407 g/mol. The minimum Gasteiger partial charge on any atom is -0.497 e. The number of carbonyl (C=O) groups is 1. The van der Waals surface area contributed by atoms with E-state index in [1.807, 2.05) is 12.1 Å². The molecule has 1 fully saturated rings. The Bertz CT molecular complexity index is 987. The zero-order valence-corrected chi connectivity index (χ0v) is 17.9. The van der Waals surface area contributed by atoms with Crippen LogP contribution < -0.4 is 15.0 Å². The predicted molar refractivity (Wildman–Crippen MR) is 118 cm³/mol. The summed E-state index contributed by atoms with van der Waals surface area (Å²) in [6.07, 6.45) is 5.52. The number of carbonyl (C=O) groups excluding carboxylic acids is 1. The Hall–Kier alpha value is -2.79. The number of fused-ring (bicyclic) bond motifs is 1. The standard InChI is InChI=1S/C25H30N2O3/c1-3-18-6-11-22-20(17-30-24(22)14-18)15-25(28)26-16-23(27-12-4-5-13-27)19-7-9-21(29-2)10-8-19/h6-11,14,17,23H,3-5,12-13,15-16H2,1-2H3,(H,26,28)/p+1/t23-/m1/s1. The second-order valence-electron chi connectivity index (χ2n) is 8.12. The highest BCUT2D eigenvalue weighted by molar-refractivity contribution is 5.87. The molecule has 1 aliphatic heterocycles. The van der Waals surface area contributed by atoms with Gasteiger partial charge >= 0.3 is 0 Å². The Labute approximate surface area is 178 Å². The van der Waals surface area contributed by atoms with Crippen LogP contribution in [0.5, 0.6) is 5.75 Å². The van der Waals surface area contributed by atoms with Gasteiger partial charge in [0.1, 0.15) is 17.4 Å². The highest BCUT2D eigenvalue weighted by Crippen LogP contribution is 2.23. The highest BCUT2D eigenvalue weighted by Gasteiger charge is 2.28. The van der Waals surface area contributed by atoms with E-state index in [4.69, 9.17) is 9.15 Å². The Morgan fingerprint density at radius 3 is 2.63 bits per heavy atom. The third-order valence-electron chi connectivity index (χ3n) is 6.24. The Kier molecular flexibility index (Phi) is 6.38. The topological polar surface area (TPSA) is 55.9 Å². The Morgan fingerprint density at radius 1 is 1.17 bits per heavy atom. The van der Waals surface area contributed by atoms with E-state index in [-0.39, 0.29) is 11.9 Å². The van der Waals surface area contributed by atoms with Gasteiger partial charge in [0.25, 0.3) is 0 Å². The molecular weight excluding hydrogens is 376 g/mol. The summed E-state index contributed by atoms with van der Waals surface area (Å²) in [7, 11) is 1.68. The van der Waals surface area contributed by atoms with Crippen LogP contribution in [0, 0.1) is 0 Å². The van der Waals surface area contributed by atoms with Crippen molar-refractivity contribution < 1.29 is 18.8 Å². The van der Waals surface area contributed by atoms with Crippen molar-refractivity contribution in [2.75, 3.05) is 26.7 Å². The highest BCUT2D eigenvalue weighted by atomic mass is 16.5. The molecule has 3 aromatic rings. The van der Waals surface area contributed by atoms with Gasteiger partial charge in [0.05, 0.1) is 39.4 Å². The number of ether oxygens (including phenoxy) is 1. The van der Waals surface area contributed by atoms with E-state index in [9.17, 15) is 4.79 Å². The van der Waals surface area contributed by atoms with Crippen LogP contribution in [0.1, 0.15) is 42.5 Å². The largest absolute Gasteiger partial charge is 0.497 e. The van der Waals surface area contributed by atoms with Gasteiger partial charge < -0.3 is 19.4 Å². The van der Waals surface area contributed by atoms with Gasteiger partial charge in [-0.1, -0.05) is 19.1 Å². The average molecular weight is 408 g/mol. The summed E-state index contributed by atoms with van der Waals surface area (Å²) in [4.78, 5) is 14.3. The van der Waals surface area contributed by atoms with Gasteiger partial charge in [-0.05, 0) is 42.3 Å². The van der Waals surface area contributed by atoms with E-state index in [1.165, 1.54) is 24.0 Å². The van der Waals surface area contributed by atoms with E-state index < -0.39 is 0 Å². The fourth-order valence-corrected chi connectivity index (χ4v) is 4.45. The summed E-state index contributed by atoms with van der Waals surface area (Å²) >= 11 is 0. The third-order valence-corrected chi connectivity index (χ3v) is 6.24. The van der Waals surface area contributed by atoms with Gasteiger partial charge in [-0.3, -0.25) is 4.79 Å². The van der Waals surface area contributed by atoms with Crippen LogP contribution in [0.15, 0.2) is 53.1 Å². The molecule has 158 valence electrons. The van der Waals surface area contributed by atoms with Crippen LogP contribution in [0.2, 0.25) is 0 Å². The van der Waals surface area contributed by atoms with E-state index in [2.05, 4.69) is 42.6 Å². The lowest BCUT2D eigenvalue weighted by molar-refractivity contribution is -0.918. The molecule has 0 radical (unpaired) electrons. The summed E-state index contributed by atoms with van der Waals surface area (Å²) in [5.74, 6) is 0.894. The maximum atomic E-state index is 12.7. The first-order valence-corrected chi connectivity index (χ1v) is 10.9. The quantitative estimate of drug-likeness (QED) is 0.603. The fraction of sp³-hybridized carbons (Fsp3) is 0.400. The number of benzene rings is 2. The van der Waals surface area contributed by atoms with Gasteiger partial charge in [-0.2, -0.15) is 0 Å². The average Bonchev–Trinajstić information content (AvgIpc) is 3.44. The van der Waals surface area contributed by atoms with Crippen LogP contribution in [0.4, 0.5) is 0 Å². The molecule has 5 nitrogen and oxygen atoms in total. The summed E-state index contributed by atoms with van der Waals surface area (Å²) in [5.41, 5.74) is 4.28. The maximum absolute atomic E-state index is 12.7. The predicted octanol–water partition coefficient (Wildman–Crippen LogP) is 3.08. The second kappa shape index (κ2) is 9.35. The van der Waals surface area contributed by atoms with Crippen molar-refractivity contribution in [2.24, 2.45) is 0 Å². The third kappa shape index (κ3) is 4.51. The minimum absolute atomic E-state index is 0.0365. The number of methoxy groups -OCH3 is 1. The summed E-state index contributed by atoms with van der Waals surface area (Å²) in [6, 6.07) is 14.7. The molecule has 2 aromatic carbocycles. The molecule has 1 amide bonds. The zero-order valence-electron chi connectivity index (χ0n) is 17.9. The Morgan fingerprint density at radius 2 is 1.93 bits per heavy atom. The summed E-state index contributed by atoms with van der Waals surface area (Å²) < 4.78 is 11.0. The number of aryl methyl sites for hydroxylation is 1. The van der Waals surface area contributed by atoms with Crippen LogP contribution in [-0.4, -0.2) is 32.7 Å². The second-order valence-corrected chi connectivity index (χ2v) is 8.12. The van der Waals surface area contributed by atoms with E-state index in [0.717, 1.165) is 41.8 Å². The van der Waals surface area contributed by atoms with Gasteiger partial charge in [-0.25, -0.2) is 0 Å². The van der Waals surface area contributed by atoms with E-state index in [0.29, 0.717) is 13.0 Å². The van der Waals surface area contributed by atoms with Crippen molar-refractivity contribution in [1.29, 1.82) is 0 Å². The molecule has 5 heteroatoms. The van der Waals surface area contributed by atoms with E-state index >= 15 is 0 Å². The Balaban J connectivity index is 1.43. The molecule has 2 heterocycles. The summed E-state index contributed by atoms with van der Waals surface area (Å²) in [5, 5.41) is 4.21. The number of quaternary nitrogens is 1. The van der Waals surface area contributed by atoms with Crippen molar-refractivity contribution in [2.45, 2.75) is 38.6 Å². The molecule has 4 rings (SSSR count). The van der Waals surface area contributed by atoms with Crippen LogP contribution >= 0.6 is 0 Å². The lowest BCUT2D eigenvalue weighted by Gasteiger charge is -2.25. The van der Waals surface area contributed by atoms with Crippen LogP contribution in [0.25, 0.3) is 11.0 Å². The van der Waals surface area contributed by atoms with Crippen molar-refractivity contribution >= 4 is 16.9 Å². The van der Waals surface area contributed by atoms with Crippen LogP contribution in [-0.2, 0) is 17.6 Å². The molecule has 1 aliphatic rings. The van der Waals surface area contributed by atoms with Crippen molar-refractivity contribution in [3.63, 3.8) is 0 Å².